The summed E-state index contributed by atoms with van der Waals surface area (Å²) < 4.78 is 1.57. The SMILES string of the molecule is N#Cc1ncn(Cc2cnc(-c3ccc(Cl)cc3)nc2)n1. The number of nitriles is 1. The molecular formula is C14H9ClN6. The minimum Gasteiger partial charge on any atom is -0.247 e. The molecule has 0 spiro atoms. The van der Waals surface area contributed by atoms with Crippen LogP contribution in [0.5, 0.6) is 0 Å². The topological polar surface area (TPSA) is 80.3 Å². The summed E-state index contributed by atoms with van der Waals surface area (Å²) in [6.07, 6.45) is 4.96. The maximum absolute atomic E-state index is 8.68. The second kappa shape index (κ2) is 5.69. The van der Waals surface area contributed by atoms with Gasteiger partial charge in [0.2, 0.25) is 0 Å². The first-order chi connectivity index (χ1) is 10.2. The summed E-state index contributed by atoms with van der Waals surface area (Å²) in [7, 11) is 0. The molecule has 7 heteroatoms. The lowest BCUT2D eigenvalue weighted by Gasteiger charge is -2.03. The number of aromatic nitrogens is 5. The van der Waals surface area contributed by atoms with Crippen LogP contribution < -0.4 is 0 Å². The Kier molecular flexibility index (Phi) is 3.58. The van der Waals surface area contributed by atoms with E-state index in [0.717, 1.165) is 11.1 Å². The summed E-state index contributed by atoms with van der Waals surface area (Å²) in [6.45, 7) is 0.468. The zero-order valence-corrected chi connectivity index (χ0v) is 11.6. The third-order valence-corrected chi connectivity index (χ3v) is 3.04. The molecule has 0 atom stereocenters. The molecule has 3 aromatic rings. The van der Waals surface area contributed by atoms with Gasteiger partial charge >= 0.3 is 0 Å². The molecule has 0 aliphatic heterocycles. The van der Waals surface area contributed by atoms with E-state index in [1.807, 2.05) is 18.2 Å². The van der Waals surface area contributed by atoms with Crippen molar-refractivity contribution in [2.45, 2.75) is 6.54 Å². The van der Waals surface area contributed by atoms with Gasteiger partial charge in [0.1, 0.15) is 12.4 Å². The van der Waals surface area contributed by atoms with Gasteiger partial charge in [0.05, 0.1) is 6.54 Å². The molecule has 2 aromatic heterocycles. The van der Waals surface area contributed by atoms with Crippen molar-refractivity contribution in [3.63, 3.8) is 0 Å². The molecule has 0 fully saturated rings. The molecule has 0 N–H and O–H groups in total. The van der Waals surface area contributed by atoms with E-state index in [2.05, 4.69) is 20.1 Å². The van der Waals surface area contributed by atoms with Crippen LogP contribution in [-0.4, -0.2) is 24.7 Å². The molecule has 1 aromatic carbocycles. The van der Waals surface area contributed by atoms with Crippen LogP contribution in [0.1, 0.15) is 11.4 Å². The van der Waals surface area contributed by atoms with Crippen LogP contribution in [0.3, 0.4) is 0 Å². The highest BCUT2D eigenvalue weighted by molar-refractivity contribution is 6.30. The van der Waals surface area contributed by atoms with Gasteiger partial charge in [0.15, 0.2) is 5.82 Å². The molecule has 0 saturated carbocycles. The van der Waals surface area contributed by atoms with Crippen molar-refractivity contribution < 1.29 is 0 Å². The molecule has 0 saturated heterocycles. The van der Waals surface area contributed by atoms with Crippen molar-refractivity contribution in [3.8, 4) is 17.5 Å². The van der Waals surface area contributed by atoms with Gasteiger partial charge in [0.25, 0.3) is 5.82 Å². The average Bonchev–Trinajstić information content (AvgIpc) is 2.97. The first-order valence-electron chi connectivity index (χ1n) is 6.11. The van der Waals surface area contributed by atoms with Gasteiger partial charge in [0, 0.05) is 28.5 Å². The van der Waals surface area contributed by atoms with E-state index in [4.69, 9.17) is 16.9 Å². The van der Waals surface area contributed by atoms with Gasteiger partial charge in [-0.25, -0.2) is 19.6 Å². The van der Waals surface area contributed by atoms with Gasteiger partial charge in [-0.15, -0.1) is 5.10 Å². The zero-order chi connectivity index (χ0) is 14.7. The Morgan fingerprint density at radius 1 is 1.10 bits per heavy atom. The lowest BCUT2D eigenvalue weighted by Crippen LogP contribution is -2.02. The van der Waals surface area contributed by atoms with E-state index >= 15 is 0 Å². The van der Waals surface area contributed by atoms with Crippen molar-refractivity contribution in [2.75, 3.05) is 0 Å². The first-order valence-corrected chi connectivity index (χ1v) is 6.49. The molecular weight excluding hydrogens is 288 g/mol. The van der Waals surface area contributed by atoms with Gasteiger partial charge < -0.3 is 0 Å². The second-order valence-electron chi connectivity index (χ2n) is 4.30. The predicted octanol–water partition coefficient (Wildman–Crippen LogP) is 2.31. The van der Waals surface area contributed by atoms with Crippen molar-refractivity contribution >= 4 is 11.6 Å². The summed E-state index contributed by atoms with van der Waals surface area (Å²) in [5, 5.41) is 13.3. The van der Waals surface area contributed by atoms with Crippen LogP contribution in [-0.2, 0) is 6.54 Å². The van der Waals surface area contributed by atoms with Crippen LogP contribution in [0.15, 0.2) is 43.0 Å². The number of halogens is 1. The lowest BCUT2D eigenvalue weighted by atomic mass is 10.2. The number of nitrogens with zero attached hydrogens (tertiary/aromatic N) is 6. The second-order valence-corrected chi connectivity index (χ2v) is 4.74. The zero-order valence-electron chi connectivity index (χ0n) is 10.8. The Balaban J connectivity index is 1.77. The molecule has 0 unspecified atom stereocenters. The molecule has 0 bridgehead atoms. The molecule has 21 heavy (non-hydrogen) atoms. The Labute approximate surface area is 125 Å². The fourth-order valence-corrected chi connectivity index (χ4v) is 1.92. The standard InChI is InChI=1S/C14H9ClN6/c15-12-3-1-11(2-4-12)14-17-6-10(7-18-14)8-21-9-19-13(5-16)20-21/h1-4,6-7,9H,8H2. The highest BCUT2D eigenvalue weighted by Crippen LogP contribution is 2.17. The molecule has 0 aliphatic rings. The lowest BCUT2D eigenvalue weighted by molar-refractivity contribution is 0.678. The monoisotopic (exact) mass is 296 g/mol. The normalized spacial score (nSPS) is 10.3. The molecule has 0 amide bonds. The van der Waals surface area contributed by atoms with Crippen LogP contribution in [0.2, 0.25) is 5.02 Å². The first kappa shape index (κ1) is 13.2. The van der Waals surface area contributed by atoms with Gasteiger partial charge in [-0.1, -0.05) is 11.6 Å². The third-order valence-electron chi connectivity index (χ3n) is 2.79. The van der Waals surface area contributed by atoms with E-state index in [9.17, 15) is 0 Å². The van der Waals surface area contributed by atoms with E-state index < -0.39 is 0 Å². The van der Waals surface area contributed by atoms with E-state index in [-0.39, 0.29) is 5.82 Å². The minimum absolute atomic E-state index is 0.147. The maximum Gasteiger partial charge on any atom is 0.252 e. The minimum atomic E-state index is 0.147. The quantitative estimate of drug-likeness (QED) is 0.741. The summed E-state index contributed by atoms with van der Waals surface area (Å²) in [4.78, 5) is 12.5. The van der Waals surface area contributed by atoms with E-state index in [1.54, 1.807) is 29.2 Å². The fourth-order valence-electron chi connectivity index (χ4n) is 1.79. The van der Waals surface area contributed by atoms with Crippen molar-refractivity contribution in [2.24, 2.45) is 0 Å². The summed E-state index contributed by atoms with van der Waals surface area (Å²) in [6, 6.07) is 9.22. The number of hydrogen-bond donors (Lipinski definition) is 0. The third kappa shape index (κ3) is 3.04. The van der Waals surface area contributed by atoms with E-state index in [1.165, 1.54) is 6.33 Å². The average molecular weight is 297 g/mol. The van der Waals surface area contributed by atoms with Gasteiger partial charge in [-0.3, -0.25) is 0 Å². The van der Waals surface area contributed by atoms with Gasteiger partial charge in [-0.2, -0.15) is 5.26 Å². The van der Waals surface area contributed by atoms with Crippen molar-refractivity contribution in [1.82, 2.24) is 24.7 Å². The Hall–Kier alpha value is -2.78. The molecule has 2 heterocycles. The van der Waals surface area contributed by atoms with Gasteiger partial charge in [-0.05, 0) is 24.3 Å². The fraction of sp³-hybridized carbons (Fsp3) is 0.0714. The van der Waals surface area contributed by atoms with Crippen molar-refractivity contribution in [3.05, 3.63) is 59.4 Å². The molecule has 0 radical (unpaired) electrons. The largest absolute Gasteiger partial charge is 0.252 e. The Morgan fingerprint density at radius 3 is 2.43 bits per heavy atom. The molecule has 0 aliphatic carbocycles. The Bertz CT molecular complexity index is 786. The summed E-state index contributed by atoms with van der Waals surface area (Å²) in [5.41, 5.74) is 1.78. The van der Waals surface area contributed by atoms with Crippen LogP contribution in [0, 0.1) is 11.3 Å². The highest BCUT2D eigenvalue weighted by Gasteiger charge is 2.04. The van der Waals surface area contributed by atoms with Crippen molar-refractivity contribution in [1.29, 1.82) is 5.26 Å². The summed E-state index contributed by atoms with van der Waals surface area (Å²) >= 11 is 5.85. The van der Waals surface area contributed by atoms with Crippen LogP contribution >= 0.6 is 11.6 Å². The molecule has 6 nitrogen and oxygen atoms in total. The number of rotatable bonds is 3. The number of benzene rings is 1. The molecule has 3 rings (SSSR count). The van der Waals surface area contributed by atoms with Crippen LogP contribution in [0.25, 0.3) is 11.4 Å². The Morgan fingerprint density at radius 2 is 1.81 bits per heavy atom. The molecule has 102 valence electrons. The van der Waals surface area contributed by atoms with Crippen LogP contribution in [0.4, 0.5) is 0 Å². The maximum atomic E-state index is 8.68. The number of hydrogen-bond acceptors (Lipinski definition) is 5. The highest BCUT2D eigenvalue weighted by atomic mass is 35.5. The summed E-state index contributed by atoms with van der Waals surface area (Å²) in [5.74, 6) is 0.778. The van der Waals surface area contributed by atoms with E-state index in [0.29, 0.717) is 17.4 Å². The predicted molar refractivity (Wildman–Crippen MR) is 76.3 cm³/mol. The smallest absolute Gasteiger partial charge is 0.247 e.